The second-order valence-corrected chi connectivity index (χ2v) is 3.43. The highest BCUT2D eigenvalue weighted by molar-refractivity contribution is 5.72. The summed E-state index contributed by atoms with van der Waals surface area (Å²) < 4.78 is 1.99. The van der Waals surface area contributed by atoms with E-state index in [1.807, 2.05) is 22.9 Å². The first kappa shape index (κ1) is 9.04. The molecule has 1 rings (SSSR count). The molecule has 0 saturated carbocycles. The van der Waals surface area contributed by atoms with Crippen molar-refractivity contribution in [2.75, 3.05) is 0 Å². The monoisotopic (exact) mass is 165 g/mol. The van der Waals surface area contributed by atoms with Gasteiger partial charge in [-0.25, -0.2) is 0 Å². The Bertz CT molecular complexity index is 250. The van der Waals surface area contributed by atoms with Crippen molar-refractivity contribution in [2.24, 2.45) is 5.92 Å². The Morgan fingerprint density at radius 1 is 1.58 bits per heavy atom. The maximum atomic E-state index is 10.5. The Labute approximate surface area is 73.2 Å². The third kappa shape index (κ3) is 2.22. The summed E-state index contributed by atoms with van der Waals surface area (Å²) in [6, 6.07) is 3.75. The quantitative estimate of drug-likeness (QED) is 0.628. The van der Waals surface area contributed by atoms with Crippen molar-refractivity contribution in [2.45, 2.75) is 26.8 Å². The van der Waals surface area contributed by atoms with E-state index >= 15 is 0 Å². The molecule has 2 heteroatoms. The van der Waals surface area contributed by atoms with Crippen molar-refractivity contribution in [3.8, 4) is 0 Å². The van der Waals surface area contributed by atoms with Crippen molar-refractivity contribution in [1.29, 1.82) is 0 Å². The number of aryl methyl sites for hydroxylation is 1. The molecule has 1 heterocycles. The van der Waals surface area contributed by atoms with Crippen LogP contribution in [0.2, 0.25) is 0 Å². The van der Waals surface area contributed by atoms with Gasteiger partial charge >= 0.3 is 0 Å². The molecular formula is C10H15NO. The first-order valence-electron chi connectivity index (χ1n) is 4.34. The Morgan fingerprint density at radius 3 is 2.92 bits per heavy atom. The van der Waals surface area contributed by atoms with Crippen LogP contribution in [-0.4, -0.2) is 10.9 Å². The first-order chi connectivity index (χ1) is 5.74. The Kier molecular flexibility index (Phi) is 3.09. The third-order valence-electron chi connectivity index (χ3n) is 1.93. The molecule has 0 spiro atoms. The van der Waals surface area contributed by atoms with Crippen LogP contribution in [0.5, 0.6) is 0 Å². The lowest BCUT2D eigenvalue weighted by molar-refractivity contribution is 0.111. The molecule has 2 nitrogen and oxygen atoms in total. The molecule has 0 aliphatic rings. The average Bonchev–Trinajstić information content (AvgIpc) is 2.47. The Morgan fingerprint density at radius 2 is 2.33 bits per heavy atom. The molecule has 1 aromatic rings. The van der Waals surface area contributed by atoms with Crippen LogP contribution in [0, 0.1) is 5.92 Å². The molecular weight excluding hydrogens is 150 g/mol. The summed E-state index contributed by atoms with van der Waals surface area (Å²) in [5, 5.41) is 0. The summed E-state index contributed by atoms with van der Waals surface area (Å²) in [6.07, 6.45) is 3.97. The van der Waals surface area contributed by atoms with Crippen LogP contribution in [0.25, 0.3) is 0 Å². The van der Waals surface area contributed by atoms with Gasteiger partial charge in [-0.15, -0.1) is 0 Å². The SMILES string of the molecule is CC(C)CCn1cccc1C=O. The number of hydrogen-bond acceptors (Lipinski definition) is 1. The molecule has 0 aliphatic carbocycles. The van der Waals surface area contributed by atoms with Crippen LogP contribution in [0.1, 0.15) is 30.8 Å². The first-order valence-corrected chi connectivity index (χ1v) is 4.34. The lowest BCUT2D eigenvalue weighted by atomic mass is 10.1. The summed E-state index contributed by atoms with van der Waals surface area (Å²) in [4.78, 5) is 10.5. The Hall–Kier alpha value is -1.05. The highest BCUT2D eigenvalue weighted by Gasteiger charge is 1.99. The summed E-state index contributed by atoms with van der Waals surface area (Å²) in [7, 11) is 0. The van der Waals surface area contributed by atoms with Crippen molar-refractivity contribution >= 4 is 6.29 Å². The van der Waals surface area contributed by atoms with E-state index < -0.39 is 0 Å². The van der Waals surface area contributed by atoms with Gasteiger partial charge in [0.25, 0.3) is 0 Å². The fourth-order valence-corrected chi connectivity index (χ4v) is 1.14. The number of carbonyl (C=O) groups is 1. The van der Waals surface area contributed by atoms with E-state index in [2.05, 4.69) is 13.8 Å². The molecule has 0 bridgehead atoms. The van der Waals surface area contributed by atoms with Gasteiger partial charge in [0, 0.05) is 12.7 Å². The van der Waals surface area contributed by atoms with Crippen molar-refractivity contribution < 1.29 is 4.79 Å². The van der Waals surface area contributed by atoms with Gasteiger partial charge in [-0.2, -0.15) is 0 Å². The van der Waals surface area contributed by atoms with Crippen molar-refractivity contribution in [3.05, 3.63) is 24.0 Å². The van der Waals surface area contributed by atoms with Gasteiger partial charge in [-0.3, -0.25) is 4.79 Å². The number of aromatic nitrogens is 1. The molecule has 0 atom stereocenters. The van der Waals surface area contributed by atoms with E-state index in [9.17, 15) is 4.79 Å². The van der Waals surface area contributed by atoms with Gasteiger partial charge in [0.2, 0.25) is 0 Å². The summed E-state index contributed by atoms with van der Waals surface area (Å²) in [6.45, 7) is 5.31. The molecule has 0 aliphatic heterocycles. The minimum absolute atomic E-state index is 0.687. The van der Waals surface area contributed by atoms with Gasteiger partial charge in [-0.05, 0) is 24.5 Å². The predicted octanol–water partition coefficient (Wildman–Crippen LogP) is 2.35. The van der Waals surface area contributed by atoms with Crippen LogP contribution >= 0.6 is 0 Å². The van der Waals surface area contributed by atoms with Crippen LogP contribution in [-0.2, 0) is 6.54 Å². The molecule has 0 saturated heterocycles. The maximum Gasteiger partial charge on any atom is 0.166 e. The van der Waals surface area contributed by atoms with E-state index in [0.717, 1.165) is 24.9 Å². The van der Waals surface area contributed by atoms with Crippen LogP contribution < -0.4 is 0 Å². The number of rotatable bonds is 4. The molecule has 0 amide bonds. The van der Waals surface area contributed by atoms with Gasteiger partial charge in [0.05, 0.1) is 5.69 Å². The zero-order chi connectivity index (χ0) is 8.97. The highest BCUT2D eigenvalue weighted by atomic mass is 16.1. The number of aldehydes is 1. The smallest absolute Gasteiger partial charge is 0.166 e. The molecule has 0 fully saturated rings. The van der Waals surface area contributed by atoms with E-state index in [4.69, 9.17) is 0 Å². The van der Waals surface area contributed by atoms with Gasteiger partial charge in [0.1, 0.15) is 0 Å². The number of hydrogen-bond donors (Lipinski definition) is 0. The van der Waals surface area contributed by atoms with Crippen LogP contribution in [0.15, 0.2) is 18.3 Å². The van der Waals surface area contributed by atoms with Crippen LogP contribution in [0.4, 0.5) is 0 Å². The molecule has 0 unspecified atom stereocenters. The maximum absolute atomic E-state index is 10.5. The second kappa shape index (κ2) is 4.10. The van der Waals surface area contributed by atoms with Gasteiger partial charge in [0.15, 0.2) is 6.29 Å². The van der Waals surface area contributed by atoms with Crippen molar-refractivity contribution in [3.63, 3.8) is 0 Å². The number of nitrogens with zero attached hydrogens (tertiary/aromatic N) is 1. The summed E-state index contributed by atoms with van der Waals surface area (Å²) in [5.41, 5.74) is 0.774. The fourth-order valence-electron chi connectivity index (χ4n) is 1.14. The minimum Gasteiger partial charge on any atom is -0.345 e. The van der Waals surface area contributed by atoms with E-state index in [1.165, 1.54) is 0 Å². The summed E-state index contributed by atoms with van der Waals surface area (Å²) in [5.74, 6) is 0.687. The number of carbonyl (C=O) groups excluding carboxylic acids is 1. The fraction of sp³-hybridized carbons (Fsp3) is 0.500. The van der Waals surface area contributed by atoms with E-state index in [0.29, 0.717) is 5.92 Å². The topological polar surface area (TPSA) is 22.0 Å². The lowest BCUT2D eigenvalue weighted by Gasteiger charge is -2.06. The average molecular weight is 165 g/mol. The Balaban J connectivity index is 2.56. The molecule has 12 heavy (non-hydrogen) atoms. The molecule has 0 aromatic carbocycles. The van der Waals surface area contributed by atoms with Crippen LogP contribution in [0.3, 0.4) is 0 Å². The molecule has 0 N–H and O–H groups in total. The lowest BCUT2D eigenvalue weighted by Crippen LogP contribution is -2.03. The van der Waals surface area contributed by atoms with E-state index in [-0.39, 0.29) is 0 Å². The third-order valence-corrected chi connectivity index (χ3v) is 1.93. The molecule has 66 valence electrons. The highest BCUT2D eigenvalue weighted by Crippen LogP contribution is 2.05. The normalized spacial score (nSPS) is 10.6. The molecule has 0 radical (unpaired) electrons. The van der Waals surface area contributed by atoms with E-state index in [1.54, 1.807) is 0 Å². The largest absolute Gasteiger partial charge is 0.345 e. The standard InChI is InChI=1S/C10H15NO/c1-9(2)5-7-11-6-3-4-10(11)8-12/h3-4,6,8-9H,5,7H2,1-2H3. The summed E-state index contributed by atoms with van der Waals surface area (Å²) >= 11 is 0. The zero-order valence-electron chi connectivity index (χ0n) is 7.66. The molecule has 1 aromatic heterocycles. The minimum atomic E-state index is 0.687. The van der Waals surface area contributed by atoms with Gasteiger partial charge < -0.3 is 4.57 Å². The van der Waals surface area contributed by atoms with Gasteiger partial charge in [-0.1, -0.05) is 13.8 Å². The predicted molar refractivity (Wildman–Crippen MR) is 49.3 cm³/mol. The second-order valence-electron chi connectivity index (χ2n) is 3.43. The zero-order valence-corrected chi connectivity index (χ0v) is 7.66. The van der Waals surface area contributed by atoms with Crippen molar-refractivity contribution in [1.82, 2.24) is 4.57 Å².